The van der Waals surface area contributed by atoms with Crippen LogP contribution in [0.2, 0.25) is 0 Å². The molecule has 7 nitrogen and oxygen atoms in total. The van der Waals surface area contributed by atoms with Gasteiger partial charge in [0.05, 0.1) is 12.2 Å². The maximum Gasteiger partial charge on any atom is 0.245 e. The van der Waals surface area contributed by atoms with Crippen LogP contribution in [0.25, 0.3) is 11.4 Å². The van der Waals surface area contributed by atoms with Crippen LogP contribution in [0.3, 0.4) is 0 Å². The number of carbonyl (C=O) groups excluding carboxylic acids is 1. The zero-order valence-electron chi connectivity index (χ0n) is 15.9. The van der Waals surface area contributed by atoms with Crippen LogP contribution in [0.1, 0.15) is 43.7 Å². The number of hydrogen-bond donors (Lipinski definition) is 2. The molecule has 1 aromatic carbocycles. The molecule has 0 unspecified atom stereocenters. The van der Waals surface area contributed by atoms with E-state index in [4.69, 9.17) is 12.2 Å². The lowest BCUT2D eigenvalue weighted by atomic mass is 9.96. The number of aryl methyl sites for hydroxylation is 1. The molecule has 0 spiro atoms. The van der Waals surface area contributed by atoms with E-state index < -0.39 is 0 Å². The first-order chi connectivity index (χ1) is 13.6. The first-order valence-corrected chi connectivity index (χ1v) is 10.1. The third kappa shape index (κ3) is 3.91. The Morgan fingerprint density at radius 2 is 1.96 bits per heavy atom. The van der Waals surface area contributed by atoms with Gasteiger partial charge >= 0.3 is 0 Å². The number of aromatic amines is 1. The molecule has 0 radical (unpaired) electrons. The van der Waals surface area contributed by atoms with E-state index in [2.05, 4.69) is 20.6 Å². The monoisotopic (exact) mass is 396 g/mol. The Bertz CT molecular complexity index is 1010. The van der Waals surface area contributed by atoms with E-state index in [0.29, 0.717) is 16.6 Å². The van der Waals surface area contributed by atoms with Crippen molar-refractivity contribution in [1.82, 2.24) is 24.5 Å². The summed E-state index contributed by atoms with van der Waals surface area (Å²) in [7, 11) is 0. The van der Waals surface area contributed by atoms with Crippen molar-refractivity contribution in [1.29, 1.82) is 0 Å². The Balaban J connectivity index is 1.51. The molecular formula is C20H24N6OS. The number of benzene rings is 1. The second kappa shape index (κ2) is 8.10. The summed E-state index contributed by atoms with van der Waals surface area (Å²) in [6.07, 6.45) is 7.65. The third-order valence-electron chi connectivity index (χ3n) is 5.23. The maximum atomic E-state index is 12.7. The minimum atomic E-state index is -0.150. The number of rotatable bonds is 5. The molecule has 0 atom stereocenters. The fourth-order valence-corrected chi connectivity index (χ4v) is 3.94. The van der Waals surface area contributed by atoms with Gasteiger partial charge in [0, 0.05) is 11.6 Å². The first-order valence-electron chi connectivity index (χ1n) is 9.67. The molecule has 2 aromatic heterocycles. The predicted octanol–water partition coefficient (Wildman–Crippen LogP) is 4.26. The van der Waals surface area contributed by atoms with Crippen molar-refractivity contribution in [3.05, 3.63) is 46.9 Å². The lowest BCUT2D eigenvalue weighted by Gasteiger charge is -2.23. The topological polar surface area (TPSA) is 80.5 Å². The Morgan fingerprint density at radius 3 is 2.71 bits per heavy atom. The molecule has 1 saturated carbocycles. The van der Waals surface area contributed by atoms with E-state index in [9.17, 15) is 4.79 Å². The molecule has 0 bridgehead atoms. The summed E-state index contributed by atoms with van der Waals surface area (Å²) in [6, 6.07) is 10.2. The maximum absolute atomic E-state index is 12.7. The minimum Gasteiger partial charge on any atom is -0.309 e. The zero-order valence-corrected chi connectivity index (χ0v) is 16.7. The van der Waals surface area contributed by atoms with Gasteiger partial charge in [0.15, 0.2) is 10.6 Å². The van der Waals surface area contributed by atoms with Crippen LogP contribution >= 0.6 is 12.2 Å². The van der Waals surface area contributed by atoms with Crippen molar-refractivity contribution in [2.75, 3.05) is 5.32 Å². The quantitative estimate of drug-likeness (QED) is 0.632. The second-order valence-electron chi connectivity index (χ2n) is 7.31. The van der Waals surface area contributed by atoms with Crippen molar-refractivity contribution < 1.29 is 4.79 Å². The summed E-state index contributed by atoms with van der Waals surface area (Å²) in [4.78, 5) is 12.7. The average Bonchev–Trinajstić information content (AvgIpc) is 3.30. The standard InChI is InChI=1S/C20H24N6OS/c1-14-7-9-15(10-8-14)19-23-24-20(28)25(19)13-18(27)22-17-11-12-21-26(17)16-5-3-2-4-6-16/h7-12,16H,2-6,13H2,1H3,(H,22,27)(H,24,28). The van der Waals surface area contributed by atoms with Gasteiger partial charge in [0.2, 0.25) is 5.91 Å². The molecule has 0 saturated heterocycles. The fraction of sp³-hybridized carbons (Fsp3) is 0.400. The zero-order chi connectivity index (χ0) is 19.5. The normalized spacial score (nSPS) is 14.9. The molecule has 8 heteroatoms. The molecule has 1 aliphatic carbocycles. The Labute approximate surface area is 168 Å². The van der Waals surface area contributed by atoms with E-state index in [1.165, 1.54) is 19.3 Å². The lowest BCUT2D eigenvalue weighted by molar-refractivity contribution is -0.116. The highest BCUT2D eigenvalue weighted by molar-refractivity contribution is 7.71. The van der Waals surface area contributed by atoms with Gasteiger partial charge in [-0.3, -0.25) is 14.5 Å². The van der Waals surface area contributed by atoms with E-state index in [0.717, 1.165) is 29.8 Å². The largest absolute Gasteiger partial charge is 0.309 e. The number of anilines is 1. The minimum absolute atomic E-state index is 0.0917. The van der Waals surface area contributed by atoms with Gasteiger partial charge < -0.3 is 5.32 Å². The van der Waals surface area contributed by atoms with Gasteiger partial charge in [-0.2, -0.15) is 10.2 Å². The van der Waals surface area contributed by atoms with Crippen molar-refractivity contribution in [2.24, 2.45) is 0 Å². The van der Waals surface area contributed by atoms with E-state index in [1.54, 1.807) is 10.8 Å². The number of carbonyl (C=O) groups is 1. The van der Waals surface area contributed by atoms with Crippen LogP contribution in [0, 0.1) is 11.7 Å². The molecule has 1 amide bonds. The molecule has 2 heterocycles. The summed E-state index contributed by atoms with van der Waals surface area (Å²) in [5.41, 5.74) is 2.08. The highest BCUT2D eigenvalue weighted by Crippen LogP contribution is 2.30. The predicted molar refractivity (Wildman–Crippen MR) is 111 cm³/mol. The summed E-state index contributed by atoms with van der Waals surface area (Å²) in [6.45, 7) is 2.12. The number of H-pyrrole nitrogens is 1. The van der Waals surface area contributed by atoms with Crippen LogP contribution < -0.4 is 5.32 Å². The van der Waals surface area contributed by atoms with Gasteiger partial charge in [0.25, 0.3) is 0 Å². The molecule has 146 valence electrons. The van der Waals surface area contributed by atoms with Gasteiger partial charge in [-0.25, -0.2) is 4.68 Å². The van der Waals surface area contributed by atoms with Crippen molar-refractivity contribution in [2.45, 2.75) is 51.6 Å². The summed E-state index contributed by atoms with van der Waals surface area (Å²) >= 11 is 5.34. The van der Waals surface area contributed by atoms with E-state index in [1.807, 2.05) is 41.9 Å². The van der Waals surface area contributed by atoms with Gasteiger partial charge in [0.1, 0.15) is 12.4 Å². The highest BCUT2D eigenvalue weighted by Gasteiger charge is 2.20. The van der Waals surface area contributed by atoms with Crippen molar-refractivity contribution in [3.8, 4) is 11.4 Å². The third-order valence-corrected chi connectivity index (χ3v) is 5.54. The summed E-state index contributed by atoms with van der Waals surface area (Å²) in [5.74, 6) is 1.24. The summed E-state index contributed by atoms with van der Waals surface area (Å²) in [5, 5.41) is 14.5. The number of nitrogens with zero attached hydrogens (tertiary/aromatic N) is 4. The molecule has 0 aliphatic heterocycles. The van der Waals surface area contributed by atoms with Gasteiger partial charge in [-0.1, -0.05) is 49.1 Å². The van der Waals surface area contributed by atoms with Crippen LogP contribution in [0.4, 0.5) is 5.82 Å². The molecular weight excluding hydrogens is 372 g/mol. The molecule has 28 heavy (non-hydrogen) atoms. The van der Waals surface area contributed by atoms with Gasteiger partial charge in [-0.15, -0.1) is 0 Å². The lowest BCUT2D eigenvalue weighted by Crippen LogP contribution is -2.23. The molecule has 2 N–H and O–H groups in total. The van der Waals surface area contributed by atoms with Crippen LogP contribution in [0.15, 0.2) is 36.5 Å². The fourth-order valence-electron chi connectivity index (χ4n) is 3.74. The smallest absolute Gasteiger partial charge is 0.245 e. The number of hydrogen-bond acceptors (Lipinski definition) is 4. The van der Waals surface area contributed by atoms with Gasteiger partial charge in [-0.05, 0) is 32.0 Å². The Morgan fingerprint density at radius 1 is 1.21 bits per heavy atom. The van der Waals surface area contributed by atoms with Crippen LogP contribution in [-0.2, 0) is 11.3 Å². The van der Waals surface area contributed by atoms with Crippen molar-refractivity contribution >= 4 is 23.9 Å². The molecule has 1 fully saturated rings. The molecule has 3 aromatic rings. The van der Waals surface area contributed by atoms with E-state index >= 15 is 0 Å². The second-order valence-corrected chi connectivity index (χ2v) is 7.69. The Kier molecular flexibility index (Phi) is 5.38. The molecule has 4 rings (SSSR count). The van der Waals surface area contributed by atoms with Crippen LogP contribution in [0.5, 0.6) is 0 Å². The average molecular weight is 397 g/mol. The SMILES string of the molecule is Cc1ccc(-c2n[nH]c(=S)n2CC(=O)Nc2ccnn2C2CCCCC2)cc1. The number of amides is 1. The highest BCUT2D eigenvalue weighted by atomic mass is 32.1. The van der Waals surface area contributed by atoms with Crippen molar-refractivity contribution in [3.63, 3.8) is 0 Å². The van der Waals surface area contributed by atoms with Crippen LogP contribution in [-0.4, -0.2) is 30.5 Å². The number of nitrogens with one attached hydrogen (secondary N) is 2. The molecule has 1 aliphatic rings. The Hall–Kier alpha value is -2.74. The number of aromatic nitrogens is 5. The summed E-state index contributed by atoms with van der Waals surface area (Å²) < 4.78 is 4.09. The first kappa shape index (κ1) is 18.6. The van der Waals surface area contributed by atoms with E-state index in [-0.39, 0.29) is 12.5 Å².